The molecule has 0 atom stereocenters. The van der Waals surface area contributed by atoms with E-state index in [1.165, 1.54) is 96.5 Å². The molecule has 0 unspecified atom stereocenters. The molecule has 2 amide bonds. The van der Waals surface area contributed by atoms with Crippen LogP contribution in [0, 0.1) is 0 Å². The molecule has 0 saturated carbocycles. The number of halogens is 1. The van der Waals surface area contributed by atoms with E-state index in [2.05, 4.69) is 262 Å². The largest absolute Gasteiger partial charge is 1.00 e. The SMILES string of the molecule is CCc1cc(CC)c(CC)c(CC)c1.CCc1cc(CC)cc(CC)c1.CCc1cc(OCCOC)c(CC)cc1OCCOC.CCc1cc2c(cc1CC)C(=O)N(CC)C2=O.CCc1cc[n+](CC)cc1.CCc1ccc(CC)c(CC)c1.CCc1ccc(CC)cc1.CCc1cnc(CC)nc1.[Cl-]. The molecule has 0 spiro atoms. The highest BCUT2D eigenvalue weighted by Crippen LogP contribution is 2.31. The molecule has 0 bridgehead atoms. The smallest absolute Gasteiger partial charge is 0.261 e. The van der Waals surface area contributed by atoms with Gasteiger partial charge in [0, 0.05) is 51.7 Å². The van der Waals surface area contributed by atoms with E-state index < -0.39 is 0 Å². The predicted molar refractivity (Wildman–Crippen MR) is 447 cm³/mol. The van der Waals surface area contributed by atoms with Gasteiger partial charge in [0.15, 0.2) is 12.4 Å². The quantitative estimate of drug-likeness (QED) is 0.0259. The standard InChI is InChI=1S/C16H26O4.C14H17NO2.C14H22.2C12H18.C10H14.C9H14N.C8H12N2.ClH/c1-5-13-11-16(20-10-8-18-4)14(6-2)12-15(13)19-9-7-17-3;1-4-9-7-11-12(8-10(9)5-2)14(17)15(6-3)13(11)16;1-5-11-9-12(6-2)14(8-4)13(7-3)10-11;1-4-10-7-11(5-2)9-12(6-3)8-10;1-4-10-7-8-11(5-2)12(6-3)9-10;2*1-3-9-5-7-10(4-2)8-6-9;1-3-7-5-9-8(4-2)10-6-7;/h11-12H,5-10H2,1-4H3;7-8H,4-6H2,1-3H3;9-10H,5-8H2,1-4H3;2*7-9H,4-6H2,1-3H3;2*5-8H,3-4H2,1-2H3;5-6H,3-4H2,1-2H3;1H/q;;;;;;+1;;/p-1. The van der Waals surface area contributed by atoms with E-state index in [0.29, 0.717) is 44.1 Å². The Labute approximate surface area is 652 Å². The van der Waals surface area contributed by atoms with Crippen LogP contribution in [-0.2, 0) is 138 Å². The number of carbonyl (C=O) groups excluding carboxylic acids is 2. The molecule has 1 aliphatic heterocycles. The Morgan fingerprint density at radius 3 is 0.953 bits per heavy atom. The van der Waals surface area contributed by atoms with E-state index in [0.717, 1.165) is 138 Å². The maximum Gasteiger partial charge on any atom is 0.261 e. The predicted octanol–water partition coefficient (Wildman–Crippen LogP) is 18.9. The summed E-state index contributed by atoms with van der Waals surface area (Å²) in [5.74, 6) is 2.49. The molecule has 0 radical (unpaired) electrons. The minimum absolute atomic E-state index is 0. The lowest BCUT2D eigenvalue weighted by atomic mass is 9.92. The Bertz CT molecular complexity index is 3350. The van der Waals surface area contributed by atoms with Crippen molar-refractivity contribution in [3.63, 3.8) is 0 Å². The number of aromatic nitrogens is 3. The molecule has 106 heavy (non-hydrogen) atoms. The van der Waals surface area contributed by atoms with Gasteiger partial charge in [0.2, 0.25) is 0 Å². The number of rotatable bonds is 29. The summed E-state index contributed by atoms with van der Waals surface area (Å²) in [6, 6.07) is 39.7. The minimum atomic E-state index is -0.148. The molecule has 584 valence electrons. The Morgan fingerprint density at radius 2 is 0.642 bits per heavy atom. The maximum atomic E-state index is 12.0. The first-order valence-corrected chi connectivity index (χ1v) is 40.5. The highest BCUT2D eigenvalue weighted by atomic mass is 35.5. The van der Waals surface area contributed by atoms with Gasteiger partial charge in [0.25, 0.3) is 11.8 Å². The van der Waals surface area contributed by atoms with Crippen LogP contribution in [0.1, 0.15) is 272 Å². The van der Waals surface area contributed by atoms with E-state index in [1.807, 2.05) is 31.5 Å². The fourth-order valence-corrected chi connectivity index (χ4v) is 12.2. The molecule has 0 N–H and O–H groups in total. The van der Waals surface area contributed by atoms with Crippen molar-refractivity contribution in [2.24, 2.45) is 0 Å². The molecule has 1 aliphatic rings. The van der Waals surface area contributed by atoms with Gasteiger partial charge in [0.1, 0.15) is 37.1 Å². The fourth-order valence-electron chi connectivity index (χ4n) is 12.2. The van der Waals surface area contributed by atoms with Gasteiger partial charge in [-0.05, 0) is 254 Å². The summed E-state index contributed by atoms with van der Waals surface area (Å²) in [6.07, 6.45) is 28.6. The van der Waals surface area contributed by atoms with E-state index in [1.54, 1.807) is 30.9 Å². The zero-order valence-electron chi connectivity index (χ0n) is 70.5. The molecule has 6 aromatic carbocycles. The average molecular weight is 1470 g/mol. The number of aryl methyl sites for hydroxylation is 19. The molecule has 3 heterocycles. The number of benzene rings is 6. The van der Waals surface area contributed by atoms with Gasteiger partial charge in [-0.15, -0.1) is 0 Å². The number of imide groups is 1. The average Bonchev–Trinajstić information content (AvgIpc) is 1.62. The van der Waals surface area contributed by atoms with Crippen molar-refractivity contribution in [1.82, 2.24) is 14.9 Å². The lowest BCUT2D eigenvalue weighted by molar-refractivity contribution is -0.693. The minimum Gasteiger partial charge on any atom is -1.00 e. The van der Waals surface area contributed by atoms with Crippen molar-refractivity contribution in [3.05, 3.63) is 251 Å². The Kier molecular flexibility index (Phi) is 51.7. The van der Waals surface area contributed by atoms with Crippen LogP contribution >= 0.6 is 0 Å². The summed E-state index contributed by atoms with van der Waals surface area (Å²) in [7, 11) is 3.35. The van der Waals surface area contributed by atoms with Gasteiger partial charge in [0.05, 0.1) is 24.3 Å². The topological polar surface area (TPSA) is 104 Å². The van der Waals surface area contributed by atoms with Gasteiger partial charge in [-0.3, -0.25) is 14.5 Å². The monoisotopic (exact) mass is 1470 g/mol. The van der Waals surface area contributed by atoms with Crippen LogP contribution in [0.25, 0.3) is 0 Å². The summed E-state index contributed by atoms with van der Waals surface area (Å²) in [5, 5.41) is 0. The molecule has 2 aromatic heterocycles. The summed E-state index contributed by atoms with van der Waals surface area (Å²) in [6.45, 7) is 49.2. The lowest BCUT2D eigenvalue weighted by Gasteiger charge is -2.16. The summed E-state index contributed by atoms with van der Waals surface area (Å²) >= 11 is 0. The zero-order chi connectivity index (χ0) is 78.1. The number of hydrogen-bond acceptors (Lipinski definition) is 8. The number of hydrogen-bond donors (Lipinski definition) is 0. The molecular formula is C95H141ClN4O6. The molecule has 10 nitrogen and oxygen atoms in total. The number of amides is 2. The van der Waals surface area contributed by atoms with Crippen LogP contribution in [0.5, 0.6) is 11.5 Å². The number of methoxy groups -OCH3 is 2. The van der Waals surface area contributed by atoms with Crippen LogP contribution < -0.4 is 26.4 Å². The maximum absolute atomic E-state index is 12.0. The molecule has 9 rings (SSSR count). The Balaban J connectivity index is 0.000000612. The number of pyridine rings is 1. The van der Waals surface area contributed by atoms with Gasteiger partial charge in [-0.2, -0.15) is 0 Å². The molecule has 0 aliphatic carbocycles. The van der Waals surface area contributed by atoms with Gasteiger partial charge in [-0.25, -0.2) is 14.5 Å². The van der Waals surface area contributed by atoms with E-state index in [-0.39, 0.29) is 24.2 Å². The number of nitrogens with zero attached hydrogens (tertiary/aromatic N) is 4. The first kappa shape index (κ1) is 96.5. The molecule has 11 heteroatoms. The first-order valence-electron chi connectivity index (χ1n) is 40.5. The van der Waals surface area contributed by atoms with E-state index in [9.17, 15) is 9.59 Å². The van der Waals surface area contributed by atoms with Gasteiger partial charge >= 0.3 is 0 Å². The van der Waals surface area contributed by atoms with Crippen LogP contribution in [0.4, 0.5) is 0 Å². The zero-order valence-corrected chi connectivity index (χ0v) is 71.3. The second-order valence-corrected chi connectivity index (χ2v) is 26.0. The molecular weight excluding hydrogens is 1330 g/mol. The van der Waals surface area contributed by atoms with E-state index in [4.69, 9.17) is 18.9 Å². The Morgan fingerprint density at radius 1 is 0.311 bits per heavy atom. The van der Waals surface area contributed by atoms with Gasteiger partial charge < -0.3 is 31.4 Å². The molecule has 0 fully saturated rings. The summed E-state index contributed by atoms with van der Waals surface area (Å²) in [4.78, 5) is 33.6. The van der Waals surface area contributed by atoms with Crippen molar-refractivity contribution in [3.8, 4) is 11.5 Å². The van der Waals surface area contributed by atoms with E-state index >= 15 is 0 Å². The number of fused-ring (bicyclic) bond motifs is 1. The normalized spacial score (nSPS) is 10.8. The molecule has 8 aromatic rings. The Hall–Kier alpha value is -7.50. The van der Waals surface area contributed by atoms with Crippen molar-refractivity contribution in [1.29, 1.82) is 0 Å². The van der Waals surface area contributed by atoms with Gasteiger partial charge in [-0.1, -0.05) is 204 Å². The molecule has 0 saturated heterocycles. The van der Waals surface area contributed by atoms with Crippen LogP contribution in [0.2, 0.25) is 0 Å². The summed E-state index contributed by atoms with van der Waals surface area (Å²) < 4.78 is 23.8. The third kappa shape index (κ3) is 32.9. The van der Waals surface area contributed by atoms with Crippen LogP contribution in [0.15, 0.2) is 134 Å². The highest BCUT2D eigenvalue weighted by molar-refractivity contribution is 6.21. The first-order chi connectivity index (χ1) is 50.9. The lowest BCUT2D eigenvalue weighted by Crippen LogP contribution is -3.00. The third-order valence-electron chi connectivity index (χ3n) is 19.3. The van der Waals surface area contributed by atoms with Crippen molar-refractivity contribution >= 4 is 11.8 Å². The van der Waals surface area contributed by atoms with Crippen LogP contribution in [-0.4, -0.2) is 73.9 Å². The third-order valence-corrected chi connectivity index (χ3v) is 19.3. The van der Waals surface area contributed by atoms with Crippen molar-refractivity contribution < 1.29 is 45.5 Å². The second-order valence-electron chi connectivity index (χ2n) is 26.0. The second kappa shape index (κ2) is 56.7. The number of carbonyl (C=O) groups is 2. The number of ether oxygens (including phenoxy) is 4. The summed E-state index contributed by atoms with van der Waals surface area (Å²) in [5.41, 5.74) is 26.4. The van der Waals surface area contributed by atoms with Crippen LogP contribution in [0.3, 0.4) is 0 Å². The fraction of sp³-hybridized carbons (Fsp3) is 0.505. The van der Waals surface area contributed by atoms with Crippen molar-refractivity contribution in [2.75, 3.05) is 47.2 Å². The van der Waals surface area contributed by atoms with Crippen molar-refractivity contribution in [2.45, 2.75) is 274 Å². The highest BCUT2D eigenvalue weighted by Gasteiger charge is 2.35.